The van der Waals surface area contributed by atoms with E-state index >= 15 is 0 Å². The Bertz CT molecular complexity index is 1870. The number of carbonyl (C=O) groups excluding carboxylic acids is 2. The number of nitrogens with zero attached hydrogens (tertiary/aromatic N) is 4. The van der Waals surface area contributed by atoms with Gasteiger partial charge < -0.3 is 35.1 Å². The first-order valence-corrected chi connectivity index (χ1v) is 15.4. The van der Waals surface area contributed by atoms with E-state index in [9.17, 15) is 29.4 Å². The van der Waals surface area contributed by atoms with Crippen LogP contribution in [0.15, 0.2) is 94.8 Å². The third kappa shape index (κ3) is 7.10. The van der Waals surface area contributed by atoms with Crippen molar-refractivity contribution in [1.29, 1.82) is 0 Å². The van der Waals surface area contributed by atoms with Crippen molar-refractivity contribution in [3.8, 4) is 0 Å². The molecule has 0 aliphatic carbocycles. The van der Waals surface area contributed by atoms with Gasteiger partial charge in [-0.1, -0.05) is 43.3 Å². The number of hydrogen-bond acceptors (Lipinski definition) is 11. The second-order valence-electron chi connectivity index (χ2n) is 11.3. The molecule has 0 radical (unpaired) electrons. The van der Waals surface area contributed by atoms with Gasteiger partial charge in [0.25, 0.3) is 11.8 Å². The molecule has 250 valence electrons. The number of benzene rings is 2. The molecule has 2 amide bonds. The molecule has 4 aromatic rings. The van der Waals surface area contributed by atoms with Crippen molar-refractivity contribution in [2.45, 2.75) is 62.7 Å². The van der Waals surface area contributed by atoms with Gasteiger partial charge in [-0.2, -0.15) is 9.97 Å². The highest BCUT2D eigenvalue weighted by molar-refractivity contribution is 6.04. The Labute approximate surface area is 273 Å². The van der Waals surface area contributed by atoms with Crippen LogP contribution in [0.25, 0.3) is 0 Å². The quantitative estimate of drug-likeness (QED) is 0.194. The van der Waals surface area contributed by atoms with Crippen LogP contribution < -0.4 is 22.0 Å². The molecule has 0 bridgehead atoms. The summed E-state index contributed by atoms with van der Waals surface area (Å²) in [5, 5.41) is 26.9. The Morgan fingerprint density at radius 1 is 0.812 bits per heavy atom. The zero-order chi connectivity index (χ0) is 33.8. The molecule has 2 saturated heterocycles. The van der Waals surface area contributed by atoms with Crippen LogP contribution in [0.1, 0.15) is 52.9 Å². The van der Waals surface area contributed by atoms with Crippen molar-refractivity contribution in [3.05, 3.63) is 117 Å². The van der Waals surface area contributed by atoms with Crippen LogP contribution in [-0.4, -0.2) is 78.3 Å². The Morgan fingerprint density at radius 3 is 1.88 bits per heavy atom. The summed E-state index contributed by atoms with van der Waals surface area (Å²) >= 11 is 0. The SMILES string of the molecule is CC[C@H]1O[C@@H](n2ccc(NC(=O)c3ccccc3)nc2=O)[C@@H](OC[C@H]2O[C@@H](n3ccc(NC(=O)c4ccccc4)nc3=O)CC2O)C1O. The minimum atomic E-state index is -1.12. The number of aliphatic hydroxyl groups is 2. The summed E-state index contributed by atoms with van der Waals surface area (Å²) in [6.07, 6.45) is -3.39. The average molecular weight is 659 g/mol. The molecule has 0 saturated carbocycles. The fourth-order valence-corrected chi connectivity index (χ4v) is 5.64. The molecule has 48 heavy (non-hydrogen) atoms. The molecule has 15 nitrogen and oxygen atoms in total. The van der Waals surface area contributed by atoms with Gasteiger partial charge in [0, 0.05) is 29.9 Å². The lowest BCUT2D eigenvalue weighted by molar-refractivity contribution is -0.118. The molecule has 4 N–H and O–H groups in total. The van der Waals surface area contributed by atoms with Crippen molar-refractivity contribution in [3.63, 3.8) is 0 Å². The second-order valence-corrected chi connectivity index (χ2v) is 11.3. The van der Waals surface area contributed by atoms with E-state index in [2.05, 4.69) is 20.6 Å². The summed E-state index contributed by atoms with van der Waals surface area (Å²) in [5.41, 5.74) is -0.630. The molecular weight excluding hydrogens is 624 g/mol. The summed E-state index contributed by atoms with van der Waals surface area (Å²) in [4.78, 5) is 58.7. The first kappa shape index (κ1) is 32.9. The summed E-state index contributed by atoms with van der Waals surface area (Å²) in [5.74, 6) is -0.752. The van der Waals surface area contributed by atoms with Crippen LogP contribution in [0.3, 0.4) is 0 Å². The molecule has 2 aliphatic rings. The predicted molar refractivity (Wildman–Crippen MR) is 170 cm³/mol. The first-order valence-electron chi connectivity index (χ1n) is 15.4. The fraction of sp³-hybridized carbons (Fsp3) is 0.333. The second kappa shape index (κ2) is 14.4. The lowest BCUT2D eigenvalue weighted by atomic mass is 10.1. The van der Waals surface area contributed by atoms with Gasteiger partial charge in [-0.05, 0) is 42.8 Å². The highest BCUT2D eigenvalue weighted by Gasteiger charge is 2.46. The average Bonchev–Trinajstić information content (AvgIpc) is 3.62. The zero-order valence-corrected chi connectivity index (χ0v) is 25.8. The molecule has 7 atom stereocenters. The Morgan fingerprint density at radius 2 is 1.35 bits per heavy atom. The van der Waals surface area contributed by atoms with E-state index < -0.39 is 66.2 Å². The number of amides is 2. The molecule has 4 heterocycles. The predicted octanol–water partition coefficient (Wildman–Crippen LogP) is 1.71. The largest absolute Gasteiger partial charge is 0.390 e. The van der Waals surface area contributed by atoms with Crippen molar-refractivity contribution in [1.82, 2.24) is 19.1 Å². The van der Waals surface area contributed by atoms with Gasteiger partial charge >= 0.3 is 11.4 Å². The summed E-state index contributed by atoms with van der Waals surface area (Å²) in [6.45, 7) is 1.62. The number of hydrogen-bond donors (Lipinski definition) is 4. The molecule has 2 fully saturated rings. The van der Waals surface area contributed by atoms with E-state index in [1.807, 2.05) is 6.92 Å². The number of carbonyl (C=O) groups is 2. The molecule has 15 heteroatoms. The van der Waals surface area contributed by atoms with E-state index in [0.717, 1.165) is 0 Å². The van der Waals surface area contributed by atoms with Crippen molar-refractivity contribution >= 4 is 23.5 Å². The molecule has 2 aromatic carbocycles. The van der Waals surface area contributed by atoms with E-state index in [0.29, 0.717) is 17.5 Å². The Hall–Kier alpha value is -5.06. The van der Waals surface area contributed by atoms with Crippen LogP contribution in [0.5, 0.6) is 0 Å². The van der Waals surface area contributed by atoms with Crippen LogP contribution in [-0.2, 0) is 14.2 Å². The fourth-order valence-electron chi connectivity index (χ4n) is 5.64. The van der Waals surface area contributed by atoms with Crippen LogP contribution in [0, 0.1) is 0 Å². The number of nitrogens with one attached hydrogen (secondary N) is 2. The van der Waals surface area contributed by atoms with E-state index in [1.54, 1.807) is 60.7 Å². The lowest BCUT2D eigenvalue weighted by Gasteiger charge is -2.24. The summed E-state index contributed by atoms with van der Waals surface area (Å²) in [7, 11) is 0. The standard InChI is InChI=1S/C33H34N6O9/c1-2-22-27(41)28(31(48-22)39-16-14-25(37-33(39)45)35-30(43)20-11-7-4-8-12-20)46-18-23-21(40)17-26(47-23)38-15-13-24(36-32(38)44)34-29(42)19-9-5-3-6-10-19/h3-16,21-23,26-28,31,40-41H,2,17-18H2,1H3,(H,34,36,42,44)(H,35,37,43,45)/t21?,22-,23-,26-,27?,28+,31-/m1/s1. The van der Waals surface area contributed by atoms with Gasteiger partial charge in [-0.25, -0.2) is 9.59 Å². The third-order valence-corrected chi connectivity index (χ3v) is 8.17. The normalized spacial score (nSPS) is 25.1. The number of aliphatic hydroxyl groups excluding tert-OH is 2. The van der Waals surface area contributed by atoms with Crippen molar-refractivity contribution in [2.75, 3.05) is 17.2 Å². The zero-order valence-electron chi connectivity index (χ0n) is 25.8. The van der Waals surface area contributed by atoms with Gasteiger partial charge in [0.15, 0.2) is 6.23 Å². The Kier molecular flexibility index (Phi) is 9.84. The third-order valence-electron chi connectivity index (χ3n) is 8.17. The van der Waals surface area contributed by atoms with Gasteiger partial charge in [-0.15, -0.1) is 0 Å². The minimum absolute atomic E-state index is 0.0398. The van der Waals surface area contributed by atoms with Gasteiger partial charge in [0.1, 0.15) is 36.2 Å². The maximum Gasteiger partial charge on any atom is 0.351 e. The molecule has 2 aromatic heterocycles. The van der Waals surface area contributed by atoms with Crippen LogP contribution in [0.4, 0.5) is 11.6 Å². The minimum Gasteiger partial charge on any atom is -0.390 e. The number of aromatic nitrogens is 4. The van der Waals surface area contributed by atoms with E-state index in [1.165, 1.54) is 33.7 Å². The van der Waals surface area contributed by atoms with Crippen LogP contribution in [0.2, 0.25) is 0 Å². The molecule has 6 rings (SSSR count). The Balaban J connectivity index is 1.10. The van der Waals surface area contributed by atoms with Gasteiger partial charge in [0.05, 0.1) is 18.8 Å². The maximum atomic E-state index is 13.0. The smallest absolute Gasteiger partial charge is 0.351 e. The van der Waals surface area contributed by atoms with Gasteiger partial charge in [-0.3, -0.25) is 18.7 Å². The molecule has 0 spiro atoms. The molecular formula is C33H34N6O9. The summed E-state index contributed by atoms with van der Waals surface area (Å²) < 4.78 is 20.3. The van der Waals surface area contributed by atoms with Crippen molar-refractivity contribution in [2.24, 2.45) is 0 Å². The first-order chi connectivity index (χ1) is 23.2. The monoisotopic (exact) mass is 658 g/mol. The summed E-state index contributed by atoms with van der Waals surface area (Å²) in [6, 6.07) is 19.8. The number of rotatable bonds is 10. The molecule has 2 aliphatic heterocycles. The van der Waals surface area contributed by atoms with E-state index in [-0.39, 0.29) is 24.7 Å². The highest BCUT2D eigenvalue weighted by Crippen LogP contribution is 2.34. The number of ether oxygens (including phenoxy) is 3. The maximum absolute atomic E-state index is 13.0. The lowest BCUT2D eigenvalue weighted by Crippen LogP contribution is -2.40. The topological polar surface area (TPSA) is 196 Å². The molecule has 2 unspecified atom stereocenters. The van der Waals surface area contributed by atoms with Gasteiger partial charge in [0.2, 0.25) is 0 Å². The van der Waals surface area contributed by atoms with E-state index in [4.69, 9.17) is 14.2 Å². The highest BCUT2D eigenvalue weighted by atomic mass is 16.6. The van der Waals surface area contributed by atoms with Crippen molar-refractivity contribution < 1.29 is 34.0 Å². The van der Waals surface area contributed by atoms with Crippen LogP contribution >= 0.6 is 0 Å². The number of anilines is 2.